The first-order valence-electron chi connectivity index (χ1n) is 13.7. The van der Waals surface area contributed by atoms with E-state index in [0.717, 1.165) is 12.8 Å². The number of hydrogen-bond acceptors (Lipinski definition) is 8. The van der Waals surface area contributed by atoms with E-state index >= 15 is 0 Å². The Kier molecular flexibility index (Phi) is 8.24. The van der Waals surface area contributed by atoms with Crippen LogP contribution in [-0.4, -0.2) is 75.7 Å². The number of carbonyl (C=O) groups excluding carboxylic acids is 1. The standard InChI is InChI=1S/C27H34F3N5O5S/c28-18-40-22-3-4-23(31-24(22)35-13-9-27(29,30)10-14-35)32-25(37)20-2-1-19(33-41(38,39)16-15-36)17-21(20)34-11-7-26(5-6-26)8-12-34/h1-4,17,33,36H,5-16,18H2,(H,31,32,37). The topological polar surface area (TPSA) is 124 Å². The van der Waals surface area contributed by atoms with Crippen LogP contribution in [-0.2, 0) is 10.0 Å². The van der Waals surface area contributed by atoms with Crippen LogP contribution in [0.5, 0.6) is 5.75 Å². The number of halogens is 3. The summed E-state index contributed by atoms with van der Waals surface area (Å²) in [5.41, 5.74) is 1.50. The van der Waals surface area contributed by atoms with E-state index in [1.807, 2.05) is 0 Å². The predicted octanol–water partition coefficient (Wildman–Crippen LogP) is 3.99. The lowest BCUT2D eigenvalue weighted by molar-refractivity contribution is -0.0222. The smallest absolute Gasteiger partial charge is 0.258 e. The molecule has 14 heteroatoms. The second-order valence-corrected chi connectivity index (χ2v) is 12.8. The minimum atomic E-state index is -3.77. The summed E-state index contributed by atoms with van der Waals surface area (Å²) < 4.78 is 72.5. The Bertz CT molecular complexity index is 1370. The summed E-state index contributed by atoms with van der Waals surface area (Å²) in [5, 5.41) is 11.8. The summed E-state index contributed by atoms with van der Waals surface area (Å²) in [6, 6.07) is 7.49. The number of sulfonamides is 1. The summed E-state index contributed by atoms with van der Waals surface area (Å²) in [7, 11) is -3.77. The molecule has 3 heterocycles. The van der Waals surface area contributed by atoms with E-state index in [9.17, 15) is 26.4 Å². The van der Waals surface area contributed by atoms with Crippen molar-refractivity contribution in [1.82, 2.24) is 4.98 Å². The SMILES string of the molecule is O=C(Nc1ccc(OCF)c(N2CCC(F)(F)CC2)n1)c1ccc(NS(=O)(=O)CCO)cc1N1CCC2(CC1)CC2. The molecule has 2 saturated heterocycles. The highest BCUT2D eigenvalue weighted by Crippen LogP contribution is 2.54. The number of nitrogens with zero attached hydrogens (tertiary/aromatic N) is 3. The van der Waals surface area contributed by atoms with Crippen LogP contribution in [0.15, 0.2) is 30.3 Å². The maximum Gasteiger partial charge on any atom is 0.258 e. The maximum absolute atomic E-state index is 13.7. The predicted molar refractivity (Wildman–Crippen MR) is 149 cm³/mol. The quantitative estimate of drug-likeness (QED) is 0.376. The molecule has 3 N–H and O–H groups in total. The Morgan fingerprint density at radius 1 is 1.00 bits per heavy atom. The van der Waals surface area contributed by atoms with Crippen molar-refractivity contribution in [2.24, 2.45) is 5.41 Å². The zero-order valence-corrected chi connectivity index (χ0v) is 23.4. The molecule has 0 radical (unpaired) electrons. The van der Waals surface area contributed by atoms with Gasteiger partial charge in [-0.05, 0) is 61.4 Å². The molecule has 1 spiro atoms. The van der Waals surface area contributed by atoms with Crippen LogP contribution in [0.25, 0.3) is 0 Å². The van der Waals surface area contributed by atoms with Gasteiger partial charge in [-0.15, -0.1) is 0 Å². The summed E-state index contributed by atoms with van der Waals surface area (Å²) in [6.07, 6.45) is 3.58. The lowest BCUT2D eigenvalue weighted by Gasteiger charge is -2.35. The maximum atomic E-state index is 13.7. The number of piperidine rings is 2. The number of pyridine rings is 1. The second-order valence-electron chi connectivity index (χ2n) is 10.9. The summed E-state index contributed by atoms with van der Waals surface area (Å²) in [5.74, 6) is -3.37. The molecule has 10 nitrogen and oxygen atoms in total. The van der Waals surface area contributed by atoms with Crippen LogP contribution in [0, 0.1) is 5.41 Å². The van der Waals surface area contributed by atoms with Gasteiger partial charge in [0.2, 0.25) is 16.9 Å². The number of aromatic nitrogens is 1. The van der Waals surface area contributed by atoms with E-state index in [0.29, 0.717) is 29.8 Å². The fourth-order valence-electron chi connectivity index (χ4n) is 5.43. The molecule has 3 aliphatic rings. The van der Waals surface area contributed by atoms with Crippen molar-refractivity contribution in [2.45, 2.75) is 44.4 Å². The van der Waals surface area contributed by atoms with Crippen molar-refractivity contribution in [3.8, 4) is 5.75 Å². The minimum absolute atomic E-state index is 0.00566. The number of nitrogens with one attached hydrogen (secondary N) is 2. The third-order valence-corrected chi connectivity index (χ3v) is 9.35. The number of rotatable bonds is 10. The largest absolute Gasteiger partial charge is 0.459 e. The van der Waals surface area contributed by atoms with Crippen molar-refractivity contribution >= 4 is 38.9 Å². The normalized spacial score (nSPS) is 19.6. The number of aliphatic hydroxyl groups is 1. The Balaban J connectivity index is 1.40. The van der Waals surface area contributed by atoms with Crippen molar-refractivity contribution in [3.05, 3.63) is 35.9 Å². The Labute approximate surface area is 236 Å². The molecule has 1 aromatic heterocycles. The molecule has 1 aromatic carbocycles. The number of aliphatic hydroxyl groups excluding tert-OH is 1. The van der Waals surface area contributed by atoms with Crippen molar-refractivity contribution in [1.29, 1.82) is 0 Å². The second kappa shape index (κ2) is 11.6. The highest BCUT2D eigenvalue weighted by atomic mass is 32.2. The average molecular weight is 598 g/mol. The van der Waals surface area contributed by atoms with E-state index in [1.165, 1.54) is 37.1 Å². The zero-order chi connectivity index (χ0) is 29.3. The lowest BCUT2D eigenvalue weighted by atomic mass is 9.93. The molecule has 1 saturated carbocycles. The Hall–Kier alpha value is -3.26. The number of anilines is 4. The molecule has 2 aliphatic heterocycles. The van der Waals surface area contributed by atoms with Gasteiger partial charge in [0.1, 0.15) is 5.82 Å². The van der Waals surface area contributed by atoms with Crippen LogP contribution in [0.1, 0.15) is 48.9 Å². The van der Waals surface area contributed by atoms with E-state index in [4.69, 9.17) is 9.84 Å². The van der Waals surface area contributed by atoms with Gasteiger partial charge in [0.15, 0.2) is 11.6 Å². The number of amides is 1. The van der Waals surface area contributed by atoms with Crippen molar-refractivity contribution in [2.75, 3.05) is 65.2 Å². The van der Waals surface area contributed by atoms with Gasteiger partial charge in [-0.2, -0.15) is 0 Å². The van der Waals surface area contributed by atoms with E-state index < -0.39 is 41.1 Å². The van der Waals surface area contributed by atoms with E-state index in [1.54, 1.807) is 11.0 Å². The lowest BCUT2D eigenvalue weighted by Crippen LogP contribution is -2.40. The summed E-state index contributed by atoms with van der Waals surface area (Å²) >= 11 is 0. The molecular weight excluding hydrogens is 563 g/mol. The van der Waals surface area contributed by atoms with Gasteiger partial charge < -0.3 is 25.0 Å². The number of benzene rings is 1. The summed E-state index contributed by atoms with van der Waals surface area (Å²) in [6.45, 7) is -0.239. The monoisotopic (exact) mass is 597 g/mol. The van der Waals surface area contributed by atoms with Gasteiger partial charge in [0.05, 0.1) is 29.3 Å². The van der Waals surface area contributed by atoms with Crippen molar-refractivity contribution < 1.29 is 36.2 Å². The minimum Gasteiger partial charge on any atom is -0.459 e. The molecule has 0 unspecified atom stereocenters. The Morgan fingerprint density at radius 3 is 2.32 bits per heavy atom. The fourth-order valence-corrected chi connectivity index (χ4v) is 6.26. The number of ether oxygens (including phenoxy) is 1. The number of alkyl halides is 3. The Morgan fingerprint density at radius 2 is 1.68 bits per heavy atom. The molecule has 5 rings (SSSR count). The van der Waals surface area contributed by atoms with E-state index in [-0.39, 0.29) is 49.0 Å². The fraction of sp³-hybridized carbons (Fsp3) is 0.556. The van der Waals surface area contributed by atoms with Crippen LogP contribution in [0.2, 0.25) is 0 Å². The number of hydrogen-bond donors (Lipinski definition) is 3. The third-order valence-electron chi connectivity index (χ3n) is 8.08. The molecule has 2 aromatic rings. The van der Waals surface area contributed by atoms with E-state index in [2.05, 4.69) is 19.9 Å². The molecule has 3 fully saturated rings. The van der Waals surface area contributed by atoms with Gasteiger partial charge in [-0.3, -0.25) is 9.52 Å². The molecule has 41 heavy (non-hydrogen) atoms. The number of carbonyl (C=O) groups is 1. The van der Waals surface area contributed by atoms with Crippen LogP contribution in [0.4, 0.5) is 36.2 Å². The molecule has 224 valence electrons. The zero-order valence-electron chi connectivity index (χ0n) is 22.5. The highest BCUT2D eigenvalue weighted by Gasteiger charge is 2.44. The first-order valence-corrected chi connectivity index (χ1v) is 15.3. The van der Waals surface area contributed by atoms with Gasteiger partial charge >= 0.3 is 0 Å². The molecule has 1 amide bonds. The molecular formula is C27H34F3N5O5S. The van der Waals surface area contributed by atoms with Gasteiger partial charge in [-0.1, -0.05) is 0 Å². The highest BCUT2D eigenvalue weighted by molar-refractivity contribution is 7.92. The van der Waals surface area contributed by atoms with Gasteiger partial charge in [0.25, 0.3) is 11.8 Å². The first kappa shape index (κ1) is 29.2. The van der Waals surface area contributed by atoms with Gasteiger partial charge in [-0.25, -0.2) is 26.6 Å². The summed E-state index contributed by atoms with van der Waals surface area (Å²) in [4.78, 5) is 21.6. The van der Waals surface area contributed by atoms with Crippen LogP contribution < -0.4 is 24.6 Å². The third kappa shape index (κ3) is 6.97. The van der Waals surface area contributed by atoms with Crippen LogP contribution >= 0.6 is 0 Å². The molecule has 1 aliphatic carbocycles. The molecule has 0 atom stereocenters. The average Bonchev–Trinajstić information content (AvgIpc) is 3.68. The molecule has 0 bridgehead atoms. The van der Waals surface area contributed by atoms with Gasteiger partial charge in [0, 0.05) is 39.0 Å². The van der Waals surface area contributed by atoms with Crippen molar-refractivity contribution in [3.63, 3.8) is 0 Å². The first-order chi connectivity index (χ1) is 19.5. The van der Waals surface area contributed by atoms with Crippen LogP contribution in [0.3, 0.4) is 0 Å².